The van der Waals surface area contributed by atoms with Crippen LogP contribution < -0.4 is 4.74 Å². The Balaban J connectivity index is 2.51. The van der Waals surface area contributed by atoms with Crippen LogP contribution in [0.2, 0.25) is 0 Å². The molecule has 0 amide bonds. The second-order valence-electron chi connectivity index (χ2n) is 5.44. The second kappa shape index (κ2) is 5.17. The fourth-order valence-electron chi connectivity index (χ4n) is 2.08. The van der Waals surface area contributed by atoms with Gasteiger partial charge >= 0.3 is 0 Å². The van der Waals surface area contributed by atoms with Gasteiger partial charge in [-0.15, -0.1) is 11.3 Å². The van der Waals surface area contributed by atoms with Crippen molar-refractivity contribution >= 4 is 17.1 Å². The molecule has 1 aromatic carbocycles. The number of ketones is 1. The average Bonchev–Trinajstić information content (AvgIpc) is 2.85. The molecule has 0 saturated carbocycles. The van der Waals surface area contributed by atoms with Gasteiger partial charge in [-0.1, -0.05) is 45.0 Å². The molecular weight excluding hydrogens is 256 g/mol. The van der Waals surface area contributed by atoms with Gasteiger partial charge in [-0.25, -0.2) is 0 Å². The maximum absolute atomic E-state index is 12.7. The summed E-state index contributed by atoms with van der Waals surface area (Å²) in [6.07, 6.45) is 0. The lowest BCUT2D eigenvalue weighted by molar-refractivity contribution is 0.103. The van der Waals surface area contributed by atoms with E-state index in [9.17, 15) is 4.79 Å². The number of benzene rings is 1. The van der Waals surface area contributed by atoms with Gasteiger partial charge in [0.05, 0.1) is 7.11 Å². The molecular formula is C16H18O2S. The van der Waals surface area contributed by atoms with Crippen LogP contribution in [0, 0.1) is 0 Å². The van der Waals surface area contributed by atoms with Gasteiger partial charge in [-0.3, -0.25) is 4.79 Å². The second-order valence-corrected chi connectivity index (χ2v) is 6.36. The number of hydrogen-bond donors (Lipinski definition) is 0. The molecule has 1 aromatic heterocycles. The van der Waals surface area contributed by atoms with E-state index in [0.29, 0.717) is 10.6 Å². The van der Waals surface area contributed by atoms with E-state index in [1.807, 2.05) is 35.7 Å². The highest BCUT2D eigenvalue weighted by Crippen LogP contribution is 2.32. The van der Waals surface area contributed by atoms with E-state index in [0.717, 1.165) is 11.1 Å². The highest BCUT2D eigenvalue weighted by molar-refractivity contribution is 7.12. The van der Waals surface area contributed by atoms with E-state index in [2.05, 4.69) is 20.8 Å². The van der Waals surface area contributed by atoms with Crippen molar-refractivity contribution in [3.8, 4) is 5.75 Å². The number of carbonyl (C=O) groups excluding carboxylic acids is 1. The third-order valence-electron chi connectivity index (χ3n) is 3.03. The molecule has 0 atom stereocenters. The molecule has 0 aliphatic rings. The fourth-order valence-corrected chi connectivity index (χ4v) is 2.89. The van der Waals surface area contributed by atoms with Crippen LogP contribution in [0.15, 0.2) is 35.7 Å². The quantitative estimate of drug-likeness (QED) is 0.781. The predicted octanol–water partition coefficient (Wildman–Crippen LogP) is 4.29. The molecule has 0 aliphatic carbocycles. The molecule has 0 radical (unpaired) electrons. The van der Waals surface area contributed by atoms with Gasteiger partial charge in [0.1, 0.15) is 10.6 Å². The lowest BCUT2D eigenvalue weighted by Gasteiger charge is -2.22. The monoisotopic (exact) mass is 274 g/mol. The molecule has 19 heavy (non-hydrogen) atoms. The highest BCUT2D eigenvalue weighted by Gasteiger charge is 2.24. The van der Waals surface area contributed by atoms with Gasteiger partial charge in [-0.05, 0) is 22.4 Å². The first-order valence-corrected chi connectivity index (χ1v) is 7.09. The van der Waals surface area contributed by atoms with E-state index >= 15 is 0 Å². The minimum absolute atomic E-state index is 0.0392. The molecule has 0 N–H and O–H groups in total. The summed E-state index contributed by atoms with van der Waals surface area (Å²) in [7, 11) is 1.59. The van der Waals surface area contributed by atoms with Crippen LogP contribution in [0.4, 0.5) is 0 Å². The Morgan fingerprint density at radius 2 is 1.84 bits per heavy atom. The summed E-state index contributed by atoms with van der Waals surface area (Å²) < 4.78 is 5.24. The zero-order valence-corrected chi connectivity index (χ0v) is 12.5. The Kier molecular flexibility index (Phi) is 3.76. The average molecular weight is 274 g/mol. The summed E-state index contributed by atoms with van der Waals surface area (Å²) >= 11 is 1.42. The van der Waals surface area contributed by atoms with Crippen LogP contribution in [0.3, 0.4) is 0 Å². The molecule has 0 saturated heterocycles. The third-order valence-corrected chi connectivity index (χ3v) is 3.93. The first kappa shape index (κ1) is 13.8. The van der Waals surface area contributed by atoms with Gasteiger partial charge in [0.15, 0.2) is 0 Å². The van der Waals surface area contributed by atoms with Gasteiger partial charge in [0.2, 0.25) is 5.78 Å². The van der Waals surface area contributed by atoms with E-state index in [4.69, 9.17) is 4.74 Å². The summed E-state index contributed by atoms with van der Waals surface area (Å²) in [5.41, 5.74) is 1.77. The number of carbonyl (C=O) groups is 1. The van der Waals surface area contributed by atoms with Gasteiger partial charge in [-0.2, -0.15) is 0 Å². The standard InChI is InChI=1S/C16H18O2S/c1-16(2,3)12-8-6-5-7-11(12)14(17)15-13(18-4)9-10-19-15/h5-10H,1-4H3. The summed E-state index contributed by atoms with van der Waals surface area (Å²) in [5, 5.41) is 1.88. The summed E-state index contributed by atoms with van der Waals surface area (Å²) in [4.78, 5) is 13.4. The van der Waals surface area contributed by atoms with E-state index in [1.54, 1.807) is 7.11 Å². The lowest BCUT2D eigenvalue weighted by Crippen LogP contribution is -2.17. The Labute approximate surface area is 118 Å². The Hall–Kier alpha value is -1.61. The van der Waals surface area contributed by atoms with Crippen LogP contribution in [0.1, 0.15) is 41.6 Å². The van der Waals surface area contributed by atoms with Gasteiger partial charge < -0.3 is 4.74 Å². The largest absolute Gasteiger partial charge is 0.495 e. The summed E-state index contributed by atoms with van der Waals surface area (Å²) in [5.74, 6) is 0.691. The van der Waals surface area contributed by atoms with Crippen LogP contribution in [0.25, 0.3) is 0 Å². The van der Waals surface area contributed by atoms with Crippen molar-refractivity contribution in [2.45, 2.75) is 26.2 Å². The molecule has 0 spiro atoms. The van der Waals surface area contributed by atoms with Crippen molar-refractivity contribution in [3.63, 3.8) is 0 Å². The number of methoxy groups -OCH3 is 1. The first-order chi connectivity index (χ1) is 8.95. The summed E-state index contributed by atoms with van der Waals surface area (Å²) in [6, 6.07) is 9.62. The minimum atomic E-state index is -0.0588. The molecule has 100 valence electrons. The van der Waals surface area contributed by atoms with E-state index in [1.165, 1.54) is 11.3 Å². The lowest BCUT2D eigenvalue weighted by atomic mass is 9.82. The Bertz CT molecular complexity index is 591. The normalized spacial score (nSPS) is 11.4. The van der Waals surface area contributed by atoms with Crippen molar-refractivity contribution < 1.29 is 9.53 Å². The molecule has 2 nitrogen and oxygen atoms in total. The summed E-state index contributed by atoms with van der Waals surface area (Å²) in [6.45, 7) is 6.35. The van der Waals surface area contributed by atoms with Crippen LogP contribution in [0.5, 0.6) is 5.75 Å². The molecule has 0 aliphatic heterocycles. The van der Waals surface area contributed by atoms with Crippen molar-refractivity contribution in [1.82, 2.24) is 0 Å². The molecule has 0 fully saturated rings. The molecule has 2 aromatic rings. The Morgan fingerprint density at radius 3 is 2.47 bits per heavy atom. The Morgan fingerprint density at radius 1 is 1.16 bits per heavy atom. The molecule has 0 unspecified atom stereocenters. The van der Waals surface area contributed by atoms with Crippen LogP contribution >= 0.6 is 11.3 Å². The number of rotatable bonds is 3. The maximum Gasteiger partial charge on any atom is 0.207 e. The first-order valence-electron chi connectivity index (χ1n) is 6.21. The van der Waals surface area contributed by atoms with Gasteiger partial charge in [0.25, 0.3) is 0 Å². The fraction of sp³-hybridized carbons (Fsp3) is 0.312. The van der Waals surface area contributed by atoms with E-state index < -0.39 is 0 Å². The number of thiophene rings is 1. The molecule has 3 heteroatoms. The SMILES string of the molecule is COc1ccsc1C(=O)c1ccccc1C(C)(C)C. The number of ether oxygens (including phenoxy) is 1. The van der Waals surface area contributed by atoms with Crippen molar-refractivity contribution in [3.05, 3.63) is 51.7 Å². The third kappa shape index (κ3) is 2.71. The van der Waals surface area contributed by atoms with Crippen molar-refractivity contribution in [1.29, 1.82) is 0 Å². The van der Waals surface area contributed by atoms with Gasteiger partial charge in [0, 0.05) is 5.56 Å². The molecule has 2 rings (SSSR count). The maximum atomic E-state index is 12.7. The van der Waals surface area contributed by atoms with Crippen LogP contribution in [-0.2, 0) is 5.41 Å². The van der Waals surface area contributed by atoms with Crippen LogP contribution in [-0.4, -0.2) is 12.9 Å². The molecule has 0 bridgehead atoms. The zero-order valence-electron chi connectivity index (χ0n) is 11.7. The minimum Gasteiger partial charge on any atom is -0.495 e. The van der Waals surface area contributed by atoms with E-state index in [-0.39, 0.29) is 11.2 Å². The smallest absolute Gasteiger partial charge is 0.207 e. The predicted molar refractivity (Wildman–Crippen MR) is 79.4 cm³/mol. The highest BCUT2D eigenvalue weighted by atomic mass is 32.1. The zero-order chi connectivity index (χ0) is 14.0. The topological polar surface area (TPSA) is 26.3 Å². The molecule has 1 heterocycles. The van der Waals surface area contributed by atoms with Crippen molar-refractivity contribution in [2.24, 2.45) is 0 Å². The van der Waals surface area contributed by atoms with Crippen molar-refractivity contribution in [2.75, 3.05) is 7.11 Å². The number of hydrogen-bond acceptors (Lipinski definition) is 3.